The quantitative estimate of drug-likeness (QED) is 0.847. The molecule has 21 heavy (non-hydrogen) atoms. The third-order valence-electron chi connectivity index (χ3n) is 3.42. The maximum Gasteiger partial charge on any atom is 0.256 e. The summed E-state index contributed by atoms with van der Waals surface area (Å²) in [5.74, 6) is -2.80. The second-order valence-electron chi connectivity index (χ2n) is 4.63. The number of nitrogens with zero attached hydrogens (tertiary/aromatic N) is 1. The molecule has 1 fully saturated rings. The summed E-state index contributed by atoms with van der Waals surface area (Å²) in [6.45, 7) is 0.134. The van der Waals surface area contributed by atoms with Gasteiger partial charge in [-0.1, -0.05) is 11.6 Å². The van der Waals surface area contributed by atoms with E-state index in [1.54, 1.807) is 0 Å². The van der Waals surface area contributed by atoms with Crippen LogP contribution >= 0.6 is 11.6 Å². The Kier molecular flexibility index (Phi) is 4.50. The average Bonchev–Trinajstić information content (AvgIpc) is 2.95. The van der Waals surface area contributed by atoms with Crippen LogP contribution in [0.2, 0.25) is 5.02 Å². The number of benzene rings is 1. The van der Waals surface area contributed by atoms with Gasteiger partial charge in [-0.25, -0.2) is 21.9 Å². The van der Waals surface area contributed by atoms with Crippen molar-refractivity contribution in [2.75, 3.05) is 20.1 Å². The molecular formula is C12H13ClF2N2O3S. The molecule has 1 aromatic rings. The van der Waals surface area contributed by atoms with Crippen LogP contribution in [-0.2, 0) is 10.0 Å². The zero-order chi connectivity index (χ0) is 15.8. The molecule has 116 valence electrons. The lowest BCUT2D eigenvalue weighted by Gasteiger charge is -2.17. The number of amides is 1. The molecule has 1 aliphatic heterocycles. The zero-order valence-electron chi connectivity index (χ0n) is 11.1. The molecule has 1 aromatic carbocycles. The molecule has 9 heteroatoms. The maximum absolute atomic E-state index is 13.8. The number of likely N-dealkylation sites (tertiary alicyclic amines) is 1. The molecular weight excluding hydrogens is 326 g/mol. The summed E-state index contributed by atoms with van der Waals surface area (Å²) in [6, 6.07) is 1.90. The fraction of sp³-hybridized carbons (Fsp3) is 0.417. The molecule has 0 radical (unpaired) electrons. The van der Waals surface area contributed by atoms with E-state index in [2.05, 4.69) is 4.72 Å². The van der Waals surface area contributed by atoms with Crippen molar-refractivity contribution in [2.45, 2.75) is 11.7 Å². The second kappa shape index (κ2) is 5.86. The Morgan fingerprint density at radius 2 is 2.10 bits per heavy atom. The van der Waals surface area contributed by atoms with Crippen LogP contribution in [0, 0.1) is 11.6 Å². The maximum atomic E-state index is 13.8. The fourth-order valence-corrected chi connectivity index (χ4v) is 3.48. The van der Waals surface area contributed by atoms with Crippen LogP contribution in [0.1, 0.15) is 16.8 Å². The van der Waals surface area contributed by atoms with Crippen LogP contribution in [-0.4, -0.2) is 44.6 Å². The molecule has 0 saturated carbocycles. The van der Waals surface area contributed by atoms with E-state index < -0.39 is 37.8 Å². The Hall–Kier alpha value is -1.25. The van der Waals surface area contributed by atoms with E-state index in [0.717, 1.165) is 12.1 Å². The van der Waals surface area contributed by atoms with Gasteiger partial charge in [-0.2, -0.15) is 0 Å². The first-order chi connectivity index (χ1) is 9.77. The van der Waals surface area contributed by atoms with Crippen molar-refractivity contribution < 1.29 is 22.0 Å². The van der Waals surface area contributed by atoms with Gasteiger partial charge in [0.1, 0.15) is 10.8 Å². The fourth-order valence-electron chi connectivity index (χ4n) is 2.19. The van der Waals surface area contributed by atoms with Crippen molar-refractivity contribution in [3.63, 3.8) is 0 Å². The summed E-state index contributed by atoms with van der Waals surface area (Å²) < 4.78 is 52.4. The first-order valence-corrected chi connectivity index (χ1v) is 8.05. The van der Waals surface area contributed by atoms with Crippen molar-refractivity contribution in [3.05, 3.63) is 34.4 Å². The number of nitrogens with one attached hydrogen (secondary N) is 1. The highest BCUT2D eigenvalue weighted by Gasteiger charge is 2.35. The molecule has 1 saturated heterocycles. The van der Waals surface area contributed by atoms with Crippen molar-refractivity contribution in [1.82, 2.24) is 9.62 Å². The van der Waals surface area contributed by atoms with E-state index in [1.165, 1.54) is 11.9 Å². The van der Waals surface area contributed by atoms with Crippen LogP contribution in [0.5, 0.6) is 0 Å². The molecule has 1 N–H and O–H groups in total. The Morgan fingerprint density at radius 1 is 1.43 bits per heavy atom. The minimum absolute atomic E-state index is 0.0452. The smallest absolute Gasteiger partial charge is 0.256 e. The van der Waals surface area contributed by atoms with Crippen molar-refractivity contribution in [2.24, 2.45) is 0 Å². The number of rotatable bonds is 3. The van der Waals surface area contributed by atoms with Gasteiger partial charge in [0, 0.05) is 13.1 Å². The van der Waals surface area contributed by atoms with Gasteiger partial charge in [-0.3, -0.25) is 4.79 Å². The highest BCUT2D eigenvalue weighted by molar-refractivity contribution is 7.90. The number of hydrogen-bond donors (Lipinski definition) is 1. The van der Waals surface area contributed by atoms with Gasteiger partial charge < -0.3 is 4.90 Å². The molecule has 0 aromatic heterocycles. The van der Waals surface area contributed by atoms with E-state index in [-0.39, 0.29) is 25.1 Å². The first-order valence-electron chi connectivity index (χ1n) is 6.13. The number of carbonyl (C=O) groups is 1. The molecule has 1 heterocycles. The summed E-state index contributed by atoms with van der Waals surface area (Å²) in [7, 11) is -2.20. The van der Waals surface area contributed by atoms with Gasteiger partial charge in [0.05, 0.1) is 10.8 Å². The molecule has 1 unspecified atom stereocenters. The highest BCUT2D eigenvalue weighted by Crippen LogP contribution is 2.25. The summed E-state index contributed by atoms with van der Waals surface area (Å²) in [4.78, 5) is 13.4. The summed E-state index contributed by atoms with van der Waals surface area (Å²) in [6.07, 6.45) is 0.255. The molecule has 1 atom stereocenters. The van der Waals surface area contributed by atoms with Gasteiger partial charge >= 0.3 is 0 Å². The lowest BCUT2D eigenvalue weighted by Crippen LogP contribution is -2.36. The van der Waals surface area contributed by atoms with Crippen molar-refractivity contribution in [1.29, 1.82) is 0 Å². The minimum atomic E-state index is -3.50. The van der Waals surface area contributed by atoms with Crippen molar-refractivity contribution in [3.8, 4) is 0 Å². The number of carbonyl (C=O) groups excluding carboxylic acids is 1. The molecule has 2 rings (SSSR count). The normalized spacial score (nSPS) is 19.0. The molecule has 0 aliphatic carbocycles. The number of sulfonamides is 1. The predicted octanol–water partition coefficient (Wildman–Crippen LogP) is 1.38. The van der Waals surface area contributed by atoms with Gasteiger partial charge in [0.15, 0.2) is 5.82 Å². The van der Waals surface area contributed by atoms with E-state index in [4.69, 9.17) is 11.6 Å². The van der Waals surface area contributed by atoms with Gasteiger partial charge in [-0.15, -0.1) is 0 Å². The Morgan fingerprint density at radius 3 is 2.71 bits per heavy atom. The second-order valence-corrected chi connectivity index (χ2v) is 7.18. The van der Waals surface area contributed by atoms with E-state index in [0.29, 0.717) is 0 Å². The van der Waals surface area contributed by atoms with Crippen LogP contribution < -0.4 is 4.72 Å². The lowest BCUT2D eigenvalue weighted by atomic mass is 10.2. The summed E-state index contributed by atoms with van der Waals surface area (Å²) >= 11 is 5.43. The summed E-state index contributed by atoms with van der Waals surface area (Å²) in [5.41, 5.74) is -0.371. The van der Waals surface area contributed by atoms with Crippen LogP contribution in [0.15, 0.2) is 12.1 Å². The number of hydrogen-bond acceptors (Lipinski definition) is 3. The molecule has 0 spiro atoms. The first kappa shape index (κ1) is 16.1. The Balaban J connectivity index is 2.22. The topological polar surface area (TPSA) is 66.5 Å². The van der Waals surface area contributed by atoms with Gasteiger partial charge in [-0.05, 0) is 25.6 Å². The lowest BCUT2D eigenvalue weighted by molar-refractivity contribution is 0.0788. The zero-order valence-corrected chi connectivity index (χ0v) is 12.6. The third-order valence-corrected chi connectivity index (χ3v) is 5.60. The Labute approximate surface area is 125 Å². The number of halogens is 3. The van der Waals surface area contributed by atoms with Gasteiger partial charge in [0.25, 0.3) is 5.91 Å². The SMILES string of the molecule is CNS(=O)(=O)C1CCN(C(=O)c2ccc(F)c(Cl)c2F)C1. The Bertz CT molecular complexity index is 681. The standard InChI is InChI=1S/C12H13ClF2N2O3S/c1-16-21(19,20)7-4-5-17(6-7)12(18)8-2-3-9(14)10(13)11(8)15/h2-3,7,16H,4-6H2,1H3. The average molecular weight is 339 g/mol. The third kappa shape index (κ3) is 3.02. The molecule has 1 amide bonds. The van der Waals surface area contributed by atoms with E-state index in [9.17, 15) is 22.0 Å². The monoisotopic (exact) mass is 338 g/mol. The highest BCUT2D eigenvalue weighted by atomic mass is 35.5. The molecule has 0 bridgehead atoms. The van der Waals surface area contributed by atoms with Crippen LogP contribution in [0.4, 0.5) is 8.78 Å². The van der Waals surface area contributed by atoms with Gasteiger partial charge in [0.2, 0.25) is 10.0 Å². The van der Waals surface area contributed by atoms with Crippen molar-refractivity contribution >= 4 is 27.5 Å². The van der Waals surface area contributed by atoms with Crippen LogP contribution in [0.25, 0.3) is 0 Å². The predicted molar refractivity (Wildman–Crippen MR) is 73.7 cm³/mol. The van der Waals surface area contributed by atoms with E-state index in [1.807, 2.05) is 0 Å². The summed E-state index contributed by atoms with van der Waals surface area (Å²) in [5, 5.41) is -1.50. The molecule has 5 nitrogen and oxygen atoms in total. The molecule has 1 aliphatic rings. The largest absolute Gasteiger partial charge is 0.337 e. The minimum Gasteiger partial charge on any atom is -0.337 e. The van der Waals surface area contributed by atoms with E-state index >= 15 is 0 Å². The van der Waals surface area contributed by atoms with Crippen LogP contribution in [0.3, 0.4) is 0 Å².